The van der Waals surface area contributed by atoms with Gasteiger partial charge in [-0.05, 0) is 62.4 Å². The first kappa shape index (κ1) is 36.6. The Morgan fingerprint density at radius 3 is 1.60 bits per heavy atom. The predicted molar refractivity (Wildman–Crippen MR) is 164 cm³/mol. The summed E-state index contributed by atoms with van der Waals surface area (Å²) in [5.74, 6) is -1.63. The van der Waals surface area contributed by atoms with Crippen LogP contribution in [0.1, 0.15) is 74.6 Å². The molecule has 0 aliphatic carbocycles. The maximum absolute atomic E-state index is 12.3. The molecule has 0 aromatic heterocycles. The minimum atomic E-state index is -1.49. The van der Waals surface area contributed by atoms with Crippen LogP contribution in [0.2, 0.25) is 0 Å². The predicted octanol–water partition coefficient (Wildman–Crippen LogP) is 2.84. The molecule has 0 heterocycles. The van der Waals surface area contributed by atoms with E-state index >= 15 is 0 Å². The van der Waals surface area contributed by atoms with Crippen molar-refractivity contribution in [1.82, 2.24) is 10.6 Å². The van der Waals surface area contributed by atoms with E-state index < -0.39 is 41.0 Å². The van der Waals surface area contributed by atoms with Crippen molar-refractivity contribution in [2.75, 3.05) is 32.9 Å². The maximum Gasteiger partial charge on any atom is 0.315 e. The van der Waals surface area contributed by atoms with Gasteiger partial charge in [0.2, 0.25) is 11.8 Å². The van der Waals surface area contributed by atoms with Crippen molar-refractivity contribution >= 4 is 35.1 Å². The second kappa shape index (κ2) is 17.0. The van der Waals surface area contributed by atoms with Crippen molar-refractivity contribution in [3.63, 3.8) is 0 Å². The molecule has 12 heteroatoms. The van der Waals surface area contributed by atoms with Crippen LogP contribution in [0.5, 0.6) is 11.5 Å². The fourth-order valence-corrected chi connectivity index (χ4v) is 3.77. The zero-order valence-corrected chi connectivity index (χ0v) is 26.4. The van der Waals surface area contributed by atoms with Gasteiger partial charge in [0, 0.05) is 36.1 Å². The molecule has 2 amide bonds. The Hall–Kier alpha value is -4.58. The molecule has 2 aromatic rings. The van der Waals surface area contributed by atoms with Crippen LogP contribution in [0.3, 0.4) is 0 Å². The van der Waals surface area contributed by atoms with Crippen molar-refractivity contribution in [2.24, 2.45) is 5.41 Å². The molecule has 0 radical (unpaired) electrons. The number of hydrogen-bond donors (Lipinski definition) is 3. The van der Waals surface area contributed by atoms with Gasteiger partial charge in [-0.1, -0.05) is 20.8 Å². The molecule has 12 nitrogen and oxygen atoms in total. The summed E-state index contributed by atoms with van der Waals surface area (Å²) in [5, 5.41) is 14.8. The van der Waals surface area contributed by atoms with Crippen molar-refractivity contribution in [1.29, 1.82) is 0 Å². The summed E-state index contributed by atoms with van der Waals surface area (Å²) in [6.07, 6.45) is -0.833. The highest BCUT2D eigenvalue weighted by Gasteiger charge is 2.25. The number of rotatable bonds is 18. The van der Waals surface area contributed by atoms with Gasteiger partial charge in [-0.3, -0.25) is 28.8 Å². The van der Waals surface area contributed by atoms with E-state index in [0.717, 1.165) is 0 Å². The fraction of sp³-hybridized carbons (Fsp3) is 0.455. The van der Waals surface area contributed by atoms with Gasteiger partial charge in [0.1, 0.15) is 42.5 Å². The molecular weight excluding hydrogens is 584 g/mol. The SMILES string of the molecule is CC(C)(C)C(=O)c1ccc(OCCC(=O)CC(=O)NCCNC(=O)CC(=O)OCCOc2ccc(C(=O)C(C)(C)O)cc2)cc1. The summed E-state index contributed by atoms with van der Waals surface area (Å²) < 4.78 is 15.9. The smallest absolute Gasteiger partial charge is 0.315 e. The largest absolute Gasteiger partial charge is 0.493 e. The Bertz CT molecular complexity index is 1340. The van der Waals surface area contributed by atoms with E-state index in [-0.39, 0.29) is 57.3 Å². The van der Waals surface area contributed by atoms with Gasteiger partial charge in [0.15, 0.2) is 11.6 Å². The molecular formula is C33H42N2O10. The standard InChI is InChI=1S/C33H42N2O10/c1-32(2,3)30(40)22-6-10-25(11-7-22)43-17-14-24(36)20-27(37)34-15-16-35-28(38)21-29(39)45-19-18-44-26-12-8-23(9-13-26)31(41)33(4,5)42/h6-13,42H,14-21H2,1-5H3,(H,34,37)(H,35,38). The molecule has 244 valence electrons. The Kier molecular flexibility index (Phi) is 13.9. The van der Waals surface area contributed by atoms with Crippen LogP contribution in [0.15, 0.2) is 48.5 Å². The molecule has 45 heavy (non-hydrogen) atoms. The highest BCUT2D eigenvalue weighted by Crippen LogP contribution is 2.22. The van der Waals surface area contributed by atoms with Crippen molar-refractivity contribution < 1.29 is 48.1 Å². The molecule has 0 saturated carbocycles. The number of benzene rings is 2. The number of ketones is 3. The molecule has 2 aromatic carbocycles. The molecule has 0 unspecified atom stereocenters. The lowest BCUT2D eigenvalue weighted by Crippen LogP contribution is -2.36. The van der Waals surface area contributed by atoms with Crippen molar-refractivity contribution in [2.45, 2.75) is 59.5 Å². The Labute approximate surface area is 262 Å². The van der Waals surface area contributed by atoms with E-state index in [1.165, 1.54) is 26.0 Å². The summed E-state index contributed by atoms with van der Waals surface area (Å²) in [6, 6.07) is 12.8. The number of hydrogen-bond acceptors (Lipinski definition) is 10. The van der Waals surface area contributed by atoms with E-state index in [1.807, 2.05) is 20.8 Å². The Morgan fingerprint density at radius 2 is 1.11 bits per heavy atom. The van der Waals surface area contributed by atoms with Crippen molar-refractivity contribution in [3.8, 4) is 11.5 Å². The number of Topliss-reactive ketones (excluding diaryl/α,β-unsaturated/α-hetero) is 3. The number of amides is 2. The van der Waals surface area contributed by atoms with Crippen LogP contribution in [-0.2, 0) is 23.9 Å². The summed E-state index contributed by atoms with van der Waals surface area (Å²) in [6.45, 7) is 8.45. The summed E-state index contributed by atoms with van der Waals surface area (Å²) in [4.78, 5) is 72.2. The van der Waals surface area contributed by atoms with Gasteiger partial charge in [0.05, 0.1) is 13.0 Å². The zero-order chi connectivity index (χ0) is 33.6. The monoisotopic (exact) mass is 626 g/mol. The van der Waals surface area contributed by atoms with Crippen molar-refractivity contribution in [3.05, 3.63) is 59.7 Å². The third-order valence-corrected chi connectivity index (χ3v) is 6.17. The van der Waals surface area contributed by atoms with E-state index in [4.69, 9.17) is 14.2 Å². The first-order valence-electron chi connectivity index (χ1n) is 14.5. The third kappa shape index (κ3) is 13.7. The minimum Gasteiger partial charge on any atom is -0.493 e. The first-order valence-corrected chi connectivity index (χ1v) is 14.5. The zero-order valence-electron chi connectivity index (χ0n) is 26.4. The van der Waals surface area contributed by atoms with Gasteiger partial charge in [-0.15, -0.1) is 0 Å². The number of aliphatic hydroxyl groups is 1. The number of carbonyl (C=O) groups excluding carboxylic acids is 6. The van der Waals surface area contributed by atoms with E-state index in [0.29, 0.717) is 22.6 Å². The molecule has 0 aliphatic heterocycles. The van der Waals surface area contributed by atoms with Crippen LogP contribution in [0, 0.1) is 5.41 Å². The topological polar surface area (TPSA) is 174 Å². The molecule has 2 rings (SSSR count). The number of ether oxygens (including phenoxy) is 3. The first-order chi connectivity index (χ1) is 21.1. The number of esters is 1. The highest BCUT2D eigenvalue weighted by molar-refractivity contribution is 6.02. The number of nitrogens with one attached hydrogen (secondary N) is 2. The average molecular weight is 627 g/mol. The molecule has 0 aliphatic rings. The quantitative estimate of drug-likeness (QED) is 0.0966. The van der Waals surface area contributed by atoms with Gasteiger partial charge in [0.25, 0.3) is 0 Å². The van der Waals surface area contributed by atoms with Crippen LogP contribution < -0.4 is 20.1 Å². The second-order valence-corrected chi connectivity index (χ2v) is 11.8. The lowest BCUT2D eigenvalue weighted by atomic mass is 9.86. The summed E-state index contributed by atoms with van der Waals surface area (Å²) in [5.41, 5.74) is -1.07. The normalized spacial score (nSPS) is 11.2. The molecule has 0 fully saturated rings. The molecule has 0 saturated heterocycles. The number of carbonyl (C=O) groups is 6. The van der Waals surface area contributed by atoms with Gasteiger partial charge < -0.3 is 30.0 Å². The Morgan fingerprint density at radius 1 is 0.644 bits per heavy atom. The van der Waals surface area contributed by atoms with Gasteiger partial charge >= 0.3 is 5.97 Å². The third-order valence-electron chi connectivity index (χ3n) is 6.17. The van der Waals surface area contributed by atoms with Crippen LogP contribution in [0.25, 0.3) is 0 Å². The van der Waals surface area contributed by atoms with E-state index in [2.05, 4.69) is 10.6 Å². The molecule has 0 spiro atoms. The highest BCUT2D eigenvalue weighted by atomic mass is 16.6. The van der Waals surface area contributed by atoms with Crippen LogP contribution in [0.4, 0.5) is 0 Å². The second-order valence-electron chi connectivity index (χ2n) is 11.8. The molecule has 3 N–H and O–H groups in total. The van der Waals surface area contributed by atoms with Gasteiger partial charge in [-0.2, -0.15) is 0 Å². The lowest BCUT2D eigenvalue weighted by Gasteiger charge is -2.16. The van der Waals surface area contributed by atoms with Crippen LogP contribution >= 0.6 is 0 Å². The summed E-state index contributed by atoms with van der Waals surface area (Å²) >= 11 is 0. The van der Waals surface area contributed by atoms with Crippen LogP contribution in [-0.4, -0.2) is 78.8 Å². The summed E-state index contributed by atoms with van der Waals surface area (Å²) in [7, 11) is 0. The van der Waals surface area contributed by atoms with E-state index in [1.54, 1.807) is 36.4 Å². The lowest BCUT2D eigenvalue weighted by molar-refractivity contribution is -0.147. The molecule has 0 bridgehead atoms. The fourth-order valence-electron chi connectivity index (χ4n) is 3.77. The average Bonchev–Trinajstić information content (AvgIpc) is 2.96. The maximum atomic E-state index is 12.3. The molecule has 0 atom stereocenters. The van der Waals surface area contributed by atoms with Gasteiger partial charge in [-0.25, -0.2) is 0 Å². The Balaban J connectivity index is 1.53. The van der Waals surface area contributed by atoms with E-state index in [9.17, 15) is 33.9 Å². The minimum absolute atomic E-state index is 0.0142.